The molecule has 0 unspecified atom stereocenters. The summed E-state index contributed by atoms with van der Waals surface area (Å²) in [6, 6.07) is 13.1. The number of ether oxygens (including phenoxy) is 1. The van der Waals surface area contributed by atoms with Crippen molar-refractivity contribution < 1.29 is 9.84 Å². The van der Waals surface area contributed by atoms with Gasteiger partial charge in [0.05, 0.1) is 6.61 Å². The molecular weight excluding hydrogens is 274 g/mol. The first-order valence-corrected chi connectivity index (χ1v) is 6.86. The molecule has 0 saturated heterocycles. The van der Waals surface area contributed by atoms with Gasteiger partial charge in [-0.05, 0) is 36.2 Å². The number of rotatable bonds is 6. The van der Waals surface area contributed by atoms with Crippen LogP contribution in [0.15, 0.2) is 42.5 Å². The third kappa shape index (κ3) is 3.89. The first-order valence-electron chi connectivity index (χ1n) is 6.49. The molecule has 0 radical (unpaired) electrons. The molecule has 0 aromatic heterocycles. The summed E-state index contributed by atoms with van der Waals surface area (Å²) in [7, 11) is 1.69. The van der Waals surface area contributed by atoms with Crippen molar-refractivity contribution >= 4 is 17.3 Å². The SMILES string of the molecule is COCCc1ccccc1NCc1cc(Cl)ccc1O. The second kappa shape index (κ2) is 7.17. The van der Waals surface area contributed by atoms with E-state index in [0.29, 0.717) is 18.2 Å². The number of phenols is 1. The van der Waals surface area contributed by atoms with Gasteiger partial charge in [0.15, 0.2) is 0 Å². The highest BCUT2D eigenvalue weighted by Crippen LogP contribution is 2.23. The van der Waals surface area contributed by atoms with Gasteiger partial charge in [0.1, 0.15) is 5.75 Å². The Bertz CT molecular complexity index is 572. The van der Waals surface area contributed by atoms with Crippen LogP contribution in [0.5, 0.6) is 5.75 Å². The lowest BCUT2D eigenvalue weighted by Gasteiger charge is -2.13. The third-order valence-electron chi connectivity index (χ3n) is 3.10. The van der Waals surface area contributed by atoms with Gasteiger partial charge in [-0.1, -0.05) is 29.8 Å². The van der Waals surface area contributed by atoms with Gasteiger partial charge in [-0.2, -0.15) is 0 Å². The van der Waals surface area contributed by atoms with E-state index in [1.54, 1.807) is 25.3 Å². The molecule has 0 saturated carbocycles. The van der Waals surface area contributed by atoms with Gasteiger partial charge in [0.2, 0.25) is 0 Å². The second-order valence-electron chi connectivity index (χ2n) is 4.53. The highest BCUT2D eigenvalue weighted by molar-refractivity contribution is 6.30. The highest BCUT2D eigenvalue weighted by Gasteiger charge is 2.05. The van der Waals surface area contributed by atoms with Gasteiger partial charge in [0, 0.05) is 29.9 Å². The number of aromatic hydroxyl groups is 1. The van der Waals surface area contributed by atoms with E-state index >= 15 is 0 Å². The molecule has 0 spiro atoms. The molecular formula is C16H18ClNO2. The Morgan fingerprint density at radius 3 is 2.75 bits per heavy atom. The summed E-state index contributed by atoms with van der Waals surface area (Å²) >= 11 is 5.94. The maximum Gasteiger partial charge on any atom is 0.120 e. The zero-order chi connectivity index (χ0) is 14.4. The summed E-state index contributed by atoms with van der Waals surface area (Å²) in [5.41, 5.74) is 3.01. The molecule has 0 fully saturated rings. The predicted octanol–water partition coefficient (Wildman–Crippen LogP) is 3.85. The number of phenolic OH excluding ortho intramolecular Hbond substituents is 1. The van der Waals surface area contributed by atoms with Crippen LogP contribution < -0.4 is 5.32 Å². The van der Waals surface area contributed by atoms with Crippen LogP contribution in [0.4, 0.5) is 5.69 Å². The van der Waals surface area contributed by atoms with Crippen molar-refractivity contribution in [3.8, 4) is 5.75 Å². The lowest BCUT2D eigenvalue weighted by molar-refractivity contribution is 0.202. The normalized spacial score (nSPS) is 10.5. The lowest BCUT2D eigenvalue weighted by Crippen LogP contribution is -2.04. The monoisotopic (exact) mass is 291 g/mol. The molecule has 2 N–H and O–H groups in total. The van der Waals surface area contributed by atoms with E-state index in [1.807, 2.05) is 18.2 Å². The lowest BCUT2D eigenvalue weighted by atomic mass is 10.1. The van der Waals surface area contributed by atoms with Crippen LogP contribution in [-0.4, -0.2) is 18.8 Å². The first-order chi connectivity index (χ1) is 9.70. The predicted molar refractivity (Wildman–Crippen MR) is 82.5 cm³/mol. The fourth-order valence-electron chi connectivity index (χ4n) is 2.01. The Kier molecular flexibility index (Phi) is 5.27. The molecule has 2 aromatic carbocycles. The Hall–Kier alpha value is -1.71. The summed E-state index contributed by atoms with van der Waals surface area (Å²) < 4.78 is 5.11. The van der Waals surface area contributed by atoms with Crippen LogP contribution in [0.1, 0.15) is 11.1 Å². The van der Waals surface area contributed by atoms with E-state index < -0.39 is 0 Å². The Balaban J connectivity index is 2.08. The second-order valence-corrected chi connectivity index (χ2v) is 4.96. The Morgan fingerprint density at radius 2 is 1.95 bits per heavy atom. The van der Waals surface area contributed by atoms with Crippen LogP contribution in [0, 0.1) is 0 Å². The first kappa shape index (κ1) is 14.7. The molecule has 3 nitrogen and oxygen atoms in total. The fourth-order valence-corrected chi connectivity index (χ4v) is 2.20. The molecule has 2 aromatic rings. The van der Waals surface area contributed by atoms with E-state index in [2.05, 4.69) is 11.4 Å². The van der Waals surface area contributed by atoms with Crippen LogP contribution in [-0.2, 0) is 17.7 Å². The van der Waals surface area contributed by atoms with Gasteiger partial charge < -0.3 is 15.2 Å². The van der Waals surface area contributed by atoms with Crippen molar-refractivity contribution in [3.63, 3.8) is 0 Å². The minimum atomic E-state index is 0.247. The zero-order valence-corrected chi connectivity index (χ0v) is 12.2. The number of hydrogen-bond donors (Lipinski definition) is 2. The fraction of sp³-hybridized carbons (Fsp3) is 0.250. The van der Waals surface area contributed by atoms with Gasteiger partial charge in [-0.15, -0.1) is 0 Å². The molecule has 0 aliphatic heterocycles. The highest BCUT2D eigenvalue weighted by atomic mass is 35.5. The molecule has 0 amide bonds. The minimum Gasteiger partial charge on any atom is -0.508 e. The Morgan fingerprint density at radius 1 is 1.15 bits per heavy atom. The number of para-hydroxylation sites is 1. The van der Waals surface area contributed by atoms with Gasteiger partial charge in [-0.3, -0.25) is 0 Å². The number of methoxy groups -OCH3 is 1. The summed E-state index contributed by atoms with van der Waals surface area (Å²) in [4.78, 5) is 0. The molecule has 0 aliphatic carbocycles. The van der Waals surface area contributed by atoms with E-state index in [4.69, 9.17) is 16.3 Å². The summed E-state index contributed by atoms with van der Waals surface area (Å²) in [5.74, 6) is 0.247. The number of hydrogen-bond acceptors (Lipinski definition) is 3. The van der Waals surface area contributed by atoms with Crippen molar-refractivity contribution in [2.45, 2.75) is 13.0 Å². The van der Waals surface area contributed by atoms with Crippen molar-refractivity contribution in [3.05, 3.63) is 58.6 Å². The third-order valence-corrected chi connectivity index (χ3v) is 3.34. The topological polar surface area (TPSA) is 41.5 Å². The molecule has 20 heavy (non-hydrogen) atoms. The largest absolute Gasteiger partial charge is 0.508 e. The van der Waals surface area contributed by atoms with Gasteiger partial charge in [0.25, 0.3) is 0 Å². The molecule has 0 bridgehead atoms. The molecule has 0 heterocycles. The summed E-state index contributed by atoms with van der Waals surface area (Å²) in [6.07, 6.45) is 0.848. The van der Waals surface area contributed by atoms with Gasteiger partial charge >= 0.3 is 0 Å². The van der Waals surface area contributed by atoms with Crippen LogP contribution in [0.2, 0.25) is 5.02 Å². The van der Waals surface area contributed by atoms with Crippen molar-refractivity contribution in [1.29, 1.82) is 0 Å². The van der Waals surface area contributed by atoms with Gasteiger partial charge in [-0.25, -0.2) is 0 Å². The average Bonchev–Trinajstić information content (AvgIpc) is 2.47. The molecule has 0 atom stereocenters. The van der Waals surface area contributed by atoms with E-state index in [0.717, 1.165) is 17.7 Å². The molecule has 106 valence electrons. The number of nitrogens with one attached hydrogen (secondary N) is 1. The Labute approximate surface area is 124 Å². The number of benzene rings is 2. The summed E-state index contributed by atoms with van der Waals surface area (Å²) in [6.45, 7) is 1.21. The van der Waals surface area contributed by atoms with E-state index in [-0.39, 0.29) is 5.75 Å². The molecule has 2 rings (SSSR count). The maximum atomic E-state index is 9.81. The number of anilines is 1. The smallest absolute Gasteiger partial charge is 0.120 e. The van der Waals surface area contributed by atoms with E-state index in [9.17, 15) is 5.11 Å². The van der Waals surface area contributed by atoms with Crippen LogP contribution in [0.25, 0.3) is 0 Å². The zero-order valence-electron chi connectivity index (χ0n) is 11.4. The van der Waals surface area contributed by atoms with Crippen molar-refractivity contribution in [2.75, 3.05) is 19.0 Å². The quantitative estimate of drug-likeness (QED) is 0.849. The molecule has 0 aliphatic rings. The van der Waals surface area contributed by atoms with Crippen molar-refractivity contribution in [2.24, 2.45) is 0 Å². The van der Waals surface area contributed by atoms with Crippen LogP contribution in [0.3, 0.4) is 0 Å². The minimum absolute atomic E-state index is 0.247. The summed E-state index contributed by atoms with van der Waals surface area (Å²) in [5, 5.41) is 13.8. The average molecular weight is 292 g/mol. The number of halogens is 1. The van der Waals surface area contributed by atoms with E-state index in [1.165, 1.54) is 5.56 Å². The van der Waals surface area contributed by atoms with Crippen LogP contribution >= 0.6 is 11.6 Å². The van der Waals surface area contributed by atoms with Crippen molar-refractivity contribution in [1.82, 2.24) is 0 Å². The maximum absolute atomic E-state index is 9.81. The standard InChI is InChI=1S/C16H18ClNO2/c1-20-9-8-12-4-2-3-5-15(12)18-11-13-10-14(17)6-7-16(13)19/h2-7,10,18-19H,8-9,11H2,1H3. The molecule has 4 heteroatoms.